The number of likely N-dealkylation sites (N-methyl/N-ethyl adjacent to an activating group) is 1. The highest BCUT2D eigenvalue weighted by molar-refractivity contribution is 8.11. The van der Waals surface area contributed by atoms with Crippen molar-refractivity contribution >= 4 is 19.9 Å². The number of hydrogen-bond acceptors (Lipinski definition) is 3. The maximum Gasteiger partial charge on any atom is 0.299 e. The summed E-state index contributed by atoms with van der Waals surface area (Å²) in [7, 11) is 3.75. The van der Waals surface area contributed by atoms with Crippen LogP contribution in [0.5, 0.6) is 0 Å². The summed E-state index contributed by atoms with van der Waals surface area (Å²) in [6, 6.07) is 0.294. The van der Waals surface area contributed by atoms with Crippen LogP contribution < -0.4 is 0 Å². The number of piperazine rings is 1. The van der Waals surface area contributed by atoms with E-state index in [0.29, 0.717) is 19.1 Å². The summed E-state index contributed by atoms with van der Waals surface area (Å²) in [5.74, 6) is 0. The van der Waals surface area contributed by atoms with E-state index < -0.39 is 9.24 Å². The predicted octanol–water partition coefficient (Wildman–Crippen LogP) is 0.496. The number of halogens is 1. The second kappa shape index (κ2) is 4.13. The third-order valence-corrected chi connectivity index (χ3v) is 4.05. The molecule has 0 amide bonds. The standard InChI is InChI=1S/C7H15ClN2O2S/c1-3-7-6-10(13(8,11)12)5-4-9(7)2/h7H,3-6H2,1-2H3. The highest BCUT2D eigenvalue weighted by atomic mass is 35.7. The van der Waals surface area contributed by atoms with Gasteiger partial charge in [0.2, 0.25) is 0 Å². The third kappa shape index (κ3) is 2.80. The van der Waals surface area contributed by atoms with Crippen LogP contribution in [0.15, 0.2) is 0 Å². The Kier molecular flexibility index (Phi) is 3.57. The summed E-state index contributed by atoms with van der Waals surface area (Å²) < 4.78 is 23.4. The van der Waals surface area contributed by atoms with E-state index in [0.717, 1.165) is 13.0 Å². The highest BCUT2D eigenvalue weighted by Gasteiger charge is 2.29. The van der Waals surface area contributed by atoms with Crippen molar-refractivity contribution in [2.75, 3.05) is 26.7 Å². The molecule has 0 radical (unpaired) electrons. The lowest BCUT2D eigenvalue weighted by molar-refractivity contribution is 0.145. The van der Waals surface area contributed by atoms with Crippen molar-refractivity contribution in [3.63, 3.8) is 0 Å². The Morgan fingerprint density at radius 3 is 2.54 bits per heavy atom. The van der Waals surface area contributed by atoms with Crippen LogP contribution >= 0.6 is 10.7 Å². The van der Waals surface area contributed by atoms with Crippen molar-refractivity contribution in [2.45, 2.75) is 19.4 Å². The van der Waals surface area contributed by atoms with Crippen LogP contribution in [0.4, 0.5) is 0 Å². The molecule has 1 unspecified atom stereocenters. The molecule has 1 heterocycles. The maximum atomic E-state index is 11.0. The Morgan fingerprint density at radius 1 is 1.46 bits per heavy atom. The fraction of sp³-hybridized carbons (Fsp3) is 1.00. The zero-order valence-corrected chi connectivity index (χ0v) is 9.48. The zero-order chi connectivity index (χ0) is 10.1. The van der Waals surface area contributed by atoms with Gasteiger partial charge in [0.05, 0.1) is 0 Å². The van der Waals surface area contributed by atoms with Crippen LogP contribution in [0.2, 0.25) is 0 Å². The van der Waals surface area contributed by atoms with Crippen molar-refractivity contribution in [3.8, 4) is 0 Å². The molecule has 0 aromatic heterocycles. The van der Waals surface area contributed by atoms with Crippen LogP contribution in [-0.4, -0.2) is 50.3 Å². The molecule has 0 spiro atoms. The molecular formula is C7H15ClN2O2S. The molecule has 0 saturated carbocycles. The lowest BCUT2D eigenvalue weighted by atomic mass is 10.1. The normalized spacial score (nSPS) is 27.8. The predicted molar refractivity (Wildman–Crippen MR) is 53.1 cm³/mol. The van der Waals surface area contributed by atoms with Crippen molar-refractivity contribution < 1.29 is 8.42 Å². The van der Waals surface area contributed by atoms with Crippen LogP contribution in [0.1, 0.15) is 13.3 Å². The van der Waals surface area contributed by atoms with Gasteiger partial charge < -0.3 is 4.90 Å². The van der Waals surface area contributed by atoms with Gasteiger partial charge in [-0.05, 0) is 13.5 Å². The summed E-state index contributed by atoms with van der Waals surface area (Å²) in [5, 5.41) is 0. The largest absolute Gasteiger partial charge is 0.301 e. The fourth-order valence-electron chi connectivity index (χ4n) is 1.56. The number of rotatable bonds is 2. The fourth-order valence-corrected chi connectivity index (χ4v) is 2.58. The van der Waals surface area contributed by atoms with Gasteiger partial charge in [-0.2, -0.15) is 12.7 Å². The van der Waals surface area contributed by atoms with E-state index >= 15 is 0 Å². The summed E-state index contributed by atoms with van der Waals surface area (Å²) in [5.41, 5.74) is 0. The second-order valence-electron chi connectivity index (χ2n) is 3.34. The smallest absolute Gasteiger partial charge is 0.299 e. The Balaban J connectivity index is 2.65. The molecule has 0 aromatic carbocycles. The molecule has 1 saturated heterocycles. The van der Waals surface area contributed by atoms with Gasteiger partial charge in [-0.3, -0.25) is 0 Å². The molecule has 1 rings (SSSR count). The molecule has 1 aliphatic heterocycles. The minimum absolute atomic E-state index is 0.294. The van der Waals surface area contributed by atoms with Gasteiger partial charge in [0.15, 0.2) is 0 Å². The Bertz CT molecular complexity index is 268. The molecule has 1 fully saturated rings. The molecule has 78 valence electrons. The van der Waals surface area contributed by atoms with E-state index in [4.69, 9.17) is 10.7 Å². The SMILES string of the molecule is CCC1CN(S(=O)(=O)Cl)CCN1C. The van der Waals surface area contributed by atoms with Gasteiger partial charge in [-0.15, -0.1) is 0 Å². The topological polar surface area (TPSA) is 40.6 Å². The van der Waals surface area contributed by atoms with E-state index in [1.165, 1.54) is 4.31 Å². The van der Waals surface area contributed by atoms with E-state index in [-0.39, 0.29) is 0 Å². The van der Waals surface area contributed by atoms with E-state index in [1.807, 2.05) is 14.0 Å². The quantitative estimate of drug-likeness (QED) is 0.644. The van der Waals surface area contributed by atoms with Crippen molar-refractivity contribution in [3.05, 3.63) is 0 Å². The summed E-state index contributed by atoms with van der Waals surface area (Å²) in [6.07, 6.45) is 0.944. The molecule has 1 aliphatic rings. The first-order chi connectivity index (χ1) is 5.95. The van der Waals surface area contributed by atoms with Gasteiger partial charge in [0, 0.05) is 36.4 Å². The molecule has 6 heteroatoms. The molecule has 1 atom stereocenters. The maximum absolute atomic E-state index is 11.0. The van der Waals surface area contributed by atoms with E-state index in [1.54, 1.807) is 0 Å². The molecule has 0 aliphatic carbocycles. The molecule has 13 heavy (non-hydrogen) atoms. The number of nitrogens with zero attached hydrogens (tertiary/aromatic N) is 2. The molecular weight excluding hydrogens is 212 g/mol. The zero-order valence-electron chi connectivity index (χ0n) is 7.90. The van der Waals surface area contributed by atoms with Crippen molar-refractivity contribution in [1.29, 1.82) is 0 Å². The Labute approximate surface area is 84.0 Å². The van der Waals surface area contributed by atoms with Crippen LogP contribution in [-0.2, 0) is 9.24 Å². The summed E-state index contributed by atoms with van der Waals surface area (Å²) >= 11 is 0. The molecule has 4 nitrogen and oxygen atoms in total. The lowest BCUT2D eigenvalue weighted by Crippen LogP contribution is -2.51. The Morgan fingerprint density at radius 2 is 2.08 bits per heavy atom. The van der Waals surface area contributed by atoms with Gasteiger partial charge in [0.25, 0.3) is 9.24 Å². The molecule has 0 bridgehead atoms. The van der Waals surface area contributed by atoms with Gasteiger partial charge >= 0.3 is 0 Å². The first-order valence-electron chi connectivity index (χ1n) is 4.35. The van der Waals surface area contributed by atoms with Crippen molar-refractivity contribution in [2.24, 2.45) is 0 Å². The van der Waals surface area contributed by atoms with Gasteiger partial charge in [-0.25, -0.2) is 0 Å². The minimum atomic E-state index is -3.51. The van der Waals surface area contributed by atoms with Gasteiger partial charge in [-0.1, -0.05) is 6.92 Å². The van der Waals surface area contributed by atoms with Crippen LogP contribution in [0.25, 0.3) is 0 Å². The van der Waals surface area contributed by atoms with E-state index in [9.17, 15) is 8.42 Å². The first kappa shape index (κ1) is 11.2. The van der Waals surface area contributed by atoms with Gasteiger partial charge in [0.1, 0.15) is 0 Å². The summed E-state index contributed by atoms with van der Waals surface area (Å²) in [6.45, 7) is 3.81. The first-order valence-corrected chi connectivity index (χ1v) is 6.61. The highest BCUT2D eigenvalue weighted by Crippen LogP contribution is 2.15. The second-order valence-corrected chi connectivity index (χ2v) is 5.85. The van der Waals surface area contributed by atoms with E-state index in [2.05, 4.69) is 4.90 Å². The molecule has 0 N–H and O–H groups in total. The van der Waals surface area contributed by atoms with Crippen LogP contribution in [0, 0.1) is 0 Å². The third-order valence-electron chi connectivity index (χ3n) is 2.52. The minimum Gasteiger partial charge on any atom is -0.301 e. The number of hydrogen-bond donors (Lipinski definition) is 0. The van der Waals surface area contributed by atoms with Crippen LogP contribution in [0.3, 0.4) is 0 Å². The van der Waals surface area contributed by atoms with Crippen molar-refractivity contribution in [1.82, 2.24) is 9.21 Å². The average molecular weight is 227 g/mol. The Hall–Kier alpha value is 0.160. The molecule has 0 aromatic rings. The monoisotopic (exact) mass is 226 g/mol. The average Bonchev–Trinajstić information content (AvgIpc) is 2.03. The lowest BCUT2D eigenvalue weighted by Gasteiger charge is -2.36. The summed E-state index contributed by atoms with van der Waals surface area (Å²) in [4.78, 5) is 2.17.